The highest BCUT2D eigenvalue weighted by Crippen LogP contribution is 2.17. The second kappa shape index (κ2) is 5.41. The summed E-state index contributed by atoms with van der Waals surface area (Å²) in [5.74, 6) is 0. The third kappa shape index (κ3) is 3.13. The molecule has 0 fully saturated rings. The van der Waals surface area contributed by atoms with Crippen LogP contribution in [0.25, 0.3) is 0 Å². The van der Waals surface area contributed by atoms with Crippen LogP contribution in [0, 0.1) is 11.3 Å². The lowest BCUT2D eigenvalue weighted by atomic mass is 10.0. The fourth-order valence-corrected chi connectivity index (χ4v) is 1.77. The van der Waals surface area contributed by atoms with Crippen LogP contribution in [-0.4, -0.2) is 5.33 Å². The average Bonchev–Trinajstić information content (AvgIpc) is 2.16. The molecular formula is C10H9Br2N. The maximum atomic E-state index is 8.86. The number of hydrogen-bond donors (Lipinski definition) is 0. The Morgan fingerprint density at radius 1 is 1.38 bits per heavy atom. The van der Waals surface area contributed by atoms with Crippen LogP contribution in [0.15, 0.2) is 22.7 Å². The molecule has 68 valence electrons. The van der Waals surface area contributed by atoms with E-state index in [2.05, 4.69) is 37.9 Å². The van der Waals surface area contributed by atoms with E-state index in [1.165, 1.54) is 0 Å². The summed E-state index contributed by atoms with van der Waals surface area (Å²) in [6, 6.07) is 8.05. The SMILES string of the molecule is N#Cc1cc(Br)ccc1CCCBr. The van der Waals surface area contributed by atoms with Gasteiger partial charge in [-0.2, -0.15) is 5.26 Å². The number of rotatable bonds is 3. The van der Waals surface area contributed by atoms with Gasteiger partial charge in [-0.05, 0) is 30.5 Å². The molecule has 0 bridgehead atoms. The molecule has 0 aliphatic heterocycles. The van der Waals surface area contributed by atoms with Crippen molar-refractivity contribution in [2.75, 3.05) is 5.33 Å². The Morgan fingerprint density at radius 3 is 2.77 bits per heavy atom. The Labute approximate surface area is 95.0 Å². The maximum Gasteiger partial charge on any atom is 0.0994 e. The average molecular weight is 303 g/mol. The molecular weight excluding hydrogens is 294 g/mol. The summed E-state index contributed by atoms with van der Waals surface area (Å²) >= 11 is 6.72. The number of nitrogens with zero attached hydrogens (tertiary/aromatic N) is 1. The summed E-state index contributed by atoms with van der Waals surface area (Å²) < 4.78 is 0.964. The van der Waals surface area contributed by atoms with Gasteiger partial charge in [-0.15, -0.1) is 0 Å². The van der Waals surface area contributed by atoms with Gasteiger partial charge in [0.05, 0.1) is 11.6 Å². The van der Waals surface area contributed by atoms with Crippen molar-refractivity contribution in [1.29, 1.82) is 5.26 Å². The molecule has 1 aromatic rings. The standard InChI is InChI=1S/C10H9Br2N/c11-5-1-2-8-3-4-10(12)6-9(8)7-13/h3-4,6H,1-2,5H2. The number of aryl methyl sites for hydroxylation is 1. The van der Waals surface area contributed by atoms with E-state index in [0.29, 0.717) is 0 Å². The fraction of sp³-hybridized carbons (Fsp3) is 0.300. The van der Waals surface area contributed by atoms with Crippen molar-refractivity contribution in [3.05, 3.63) is 33.8 Å². The highest BCUT2D eigenvalue weighted by atomic mass is 79.9. The molecule has 13 heavy (non-hydrogen) atoms. The lowest BCUT2D eigenvalue weighted by Gasteiger charge is -2.02. The van der Waals surface area contributed by atoms with Crippen LogP contribution >= 0.6 is 31.9 Å². The Kier molecular flexibility index (Phi) is 4.47. The van der Waals surface area contributed by atoms with Crippen molar-refractivity contribution in [1.82, 2.24) is 0 Å². The molecule has 0 saturated heterocycles. The molecule has 0 heterocycles. The molecule has 0 aromatic heterocycles. The minimum Gasteiger partial charge on any atom is -0.192 e. The molecule has 1 aromatic carbocycles. The van der Waals surface area contributed by atoms with E-state index in [4.69, 9.17) is 5.26 Å². The van der Waals surface area contributed by atoms with Gasteiger partial charge < -0.3 is 0 Å². The minimum absolute atomic E-state index is 0.773. The van der Waals surface area contributed by atoms with Gasteiger partial charge in [0.2, 0.25) is 0 Å². The molecule has 0 amide bonds. The normalized spacial score (nSPS) is 9.62. The molecule has 1 rings (SSSR count). The van der Waals surface area contributed by atoms with Gasteiger partial charge in [0.25, 0.3) is 0 Å². The summed E-state index contributed by atoms with van der Waals surface area (Å²) in [4.78, 5) is 0. The zero-order valence-electron chi connectivity index (χ0n) is 7.06. The number of alkyl halides is 1. The van der Waals surface area contributed by atoms with Crippen LogP contribution in [0.3, 0.4) is 0 Å². The Morgan fingerprint density at radius 2 is 2.15 bits per heavy atom. The Bertz CT molecular complexity index is 328. The van der Waals surface area contributed by atoms with Crippen LogP contribution in [-0.2, 0) is 6.42 Å². The van der Waals surface area contributed by atoms with Gasteiger partial charge in [-0.25, -0.2) is 0 Å². The van der Waals surface area contributed by atoms with E-state index in [9.17, 15) is 0 Å². The van der Waals surface area contributed by atoms with Gasteiger partial charge in [-0.3, -0.25) is 0 Å². The largest absolute Gasteiger partial charge is 0.192 e. The highest BCUT2D eigenvalue weighted by molar-refractivity contribution is 9.10. The van der Waals surface area contributed by atoms with Crippen LogP contribution in [0.1, 0.15) is 17.5 Å². The summed E-state index contributed by atoms with van der Waals surface area (Å²) in [7, 11) is 0. The molecule has 0 N–H and O–H groups in total. The Balaban J connectivity index is 2.88. The lowest BCUT2D eigenvalue weighted by molar-refractivity contribution is 0.935. The first-order chi connectivity index (χ1) is 6.27. The van der Waals surface area contributed by atoms with Gasteiger partial charge in [-0.1, -0.05) is 37.9 Å². The van der Waals surface area contributed by atoms with Crippen LogP contribution in [0.4, 0.5) is 0 Å². The smallest absolute Gasteiger partial charge is 0.0994 e. The first-order valence-electron chi connectivity index (χ1n) is 4.02. The van der Waals surface area contributed by atoms with Gasteiger partial charge >= 0.3 is 0 Å². The van der Waals surface area contributed by atoms with E-state index < -0.39 is 0 Å². The van der Waals surface area contributed by atoms with Crippen molar-refractivity contribution in [3.8, 4) is 6.07 Å². The highest BCUT2D eigenvalue weighted by Gasteiger charge is 2.01. The predicted octanol–water partition coefficient (Wildman–Crippen LogP) is 3.65. The van der Waals surface area contributed by atoms with Gasteiger partial charge in [0.1, 0.15) is 0 Å². The van der Waals surface area contributed by atoms with Crippen molar-refractivity contribution in [2.45, 2.75) is 12.8 Å². The van der Waals surface area contributed by atoms with Crippen molar-refractivity contribution >= 4 is 31.9 Å². The predicted molar refractivity (Wildman–Crippen MR) is 61.0 cm³/mol. The lowest BCUT2D eigenvalue weighted by Crippen LogP contribution is -1.90. The van der Waals surface area contributed by atoms with Crippen LogP contribution in [0.2, 0.25) is 0 Å². The number of benzene rings is 1. The summed E-state index contributed by atoms with van der Waals surface area (Å²) in [6.07, 6.45) is 2.03. The fourth-order valence-electron chi connectivity index (χ4n) is 1.13. The third-order valence-electron chi connectivity index (χ3n) is 1.77. The van der Waals surface area contributed by atoms with E-state index in [1.54, 1.807) is 0 Å². The molecule has 0 saturated carbocycles. The minimum atomic E-state index is 0.773. The Hall–Kier alpha value is -0.330. The second-order valence-corrected chi connectivity index (χ2v) is 4.41. The molecule has 0 aliphatic rings. The molecule has 3 heteroatoms. The molecule has 0 atom stereocenters. The number of nitriles is 1. The maximum absolute atomic E-state index is 8.86. The van der Waals surface area contributed by atoms with Crippen molar-refractivity contribution in [3.63, 3.8) is 0 Å². The quantitative estimate of drug-likeness (QED) is 0.782. The number of hydrogen-bond acceptors (Lipinski definition) is 1. The molecule has 0 spiro atoms. The van der Waals surface area contributed by atoms with Crippen molar-refractivity contribution < 1.29 is 0 Å². The zero-order valence-corrected chi connectivity index (χ0v) is 10.2. The van der Waals surface area contributed by atoms with Gasteiger partial charge in [0.15, 0.2) is 0 Å². The van der Waals surface area contributed by atoms with E-state index in [1.807, 2.05) is 18.2 Å². The first-order valence-corrected chi connectivity index (χ1v) is 5.94. The number of halogens is 2. The van der Waals surface area contributed by atoms with Gasteiger partial charge in [0, 0.05) is 9.80 Å². The molecule has 0 radical (unpaired) electrons. The monoisotopic (exact) mass is 301 g/mol. The zero-order chi connectivity index (χ0) is 9.68. The van der Waals surface area contributed by atoms with E-state index in [-0.39, 0.29) is 0 Å². The summed E-state index contributed by atoms with van der Waals surface area (Å²) in [5, 5.41) is 9.84. The second-order valence-electron chi connectivity index (χ2n) is 2.71. The molecule has 0 unspecified atom stereocenters. The van der Waals surface area contributed by atoms with E-state index in [0.717, 1.165) is 33.8 Å². The topological polar surface area (TPSA) is 23.8 Å². The third-order valence-corrected chi connectivity index (χ3v) is 2.83. The van der Waals surface area contributed by atoms with E-state index >= 15 is 0 Å². The van der Waals surface area contributed by atoms with Crippen molar-refractivity contribution in [2.24, 2.45) is 0 Å². The summed E-state index contributed by atoms with van der Waals surface area (Å²) in [6.45, 7) is 0. The molecule has 1 nitrogen and oxygen atoms in total. The first kappa shape index (κ1) is 10.7. The van der Waals surface area contributed by atoms with Crippen LogP contribution < -0.4 is 0 Å². The van der Waals surface area contributed by atoms with Crippen LogP contribution in [0.5, 0.6) is 0 Å². The summed E-state index contributed by atoms with van der Waals surface area (Å²) in [5.41, 5.74) is 1.90. The molecule has 0 aliphatic carbocycles.